The van der Waals surface area contributed by atoms with Gasteiger partial charge in [0, 0.05) is 49.8 Å². The van der Waals surface area contributed by atoms with E-state index in [0.29, 0.717) is 25.8 Å². The fourth-order valence-corrected chi connectivity index (χ4v) is 6.25. The molecule has 0 aliphatic heterocycles. The van der Waals surface area contributed by atoms with Crippen LogP contribution in [0.3, 0.4) is 0 Å². The molecule has 0 bridgehead atoms. The molecule has 1 aromatic rings. The maximum atomic E-state index is 13.2. The van der Waals surface area contributed by atoms with E-state index in [1.165, 1.54) is 141 Å². The Morgan fingerprint density at radius 2 is 0.909 bits per heavy atom. The molecular formula is C40H72N2O2. The third-order valence-corrected chi connectivity index (χ3v) is 9.25. The molecule has 44 heavy (non-hydrogen) atoms. The van der Waals surface area contributed by atoms with Crippen LogP contribution in [0.4, 0.5) is 5.69 Å². The number of hydrogen-bond donors (Lipinski definition) is 1. The highest BCUT2D eigenvalue weighted by atomic mass is 16.1. The first kappa shape index (κ1) is 40.3. The number of anilines is 1. The first-order valence-corrected chi connectivity index (χ1v) is 19.4. The summed E-state index contributed by atoms with van der Waals surface area (Å²) in [6.45, 7) is 5.09. The van der Waals surface area contributed by atoms with Crippen molar-refractivity contribution in [1.82, 2.24) is 4.98 Å². The summed E-state index contributed by atoms with van der Waals surface area (Å²) in [4.78, 5) is 30.1. The van der Waals surface area contributed by atoms with E-state index in [-0.39, 0.29) is 17.5 Å². The normalized spacial score (nSPS) is 12.0. The van der Waals surface area contributed by atoms with Crippen molar-refractivity contribution in [2.24, 2.45) is 5.92 Å². The zero-order valence-corrected chi connectivity index (χ0v) is 29.4. The molecule has 0 saturated carbocycles. The van der Waals surface area contributed by atoms with Crippen molar-refractivity contribution in [3.8, 4) is 0 Å². The minimum atomic E-state index is -0.227. The van der Waals surface area contributed by atoms with Crippen molar-refractivity contribution in [3.63, 3.8) is 0 Å². The predicted molar refractivity (Wildman–Crippen MR) is 191 cm³/mol. The number of nitrogens with one attached hydrogen (secondary N) is 1. The highest BCUT2D eigenvalue weighted by Crippen LogP contribution is 2.18. The van der Waals surface area contributed by atoms with Crippen LogP contribution in [0.25, 0.3) is 0 Å². The van der Waals surface area contributed by atoms with Crippen LogP contribution in [0.5, 0.6) is 0 Å². The quantitative estimate of drug-likeness (QED) is 0.0786. The van der Waals surface area contributed by atoms with Gasteiger partial charge < -0.3 is 5.32 Å². The summed E-state index contributed by atoms with van der Waals surface area (Å²) in [6.07, 6.45) is 39.1. The van der Waals surface area contributed by atoms with Crippen LogP contribution in [0.1, 0.15) is 200 Å². The van der Waals surface area contributed by atoms with E-state index < -0.39 is 0 Å². The lowest BCUT2D eigenvalue weighted by atomic mass is 9.92. The van der Waals surface area contributed by atoms with E-state index >= 15 is 0 Å². The third kappa shape index (κ3) is 25.6. The van der Waals surface area contributed by atoms with Gasteiger partial charge in [-0.25, -0.2) is 0 Å². The van der Waals surface area contributed by atoms with Crippen LogP contribution in [0.15, 0.2) is 24.5 Å². The van der Waals surface area contributed by atoms with Crippen LogP contribution < -0.4 is 5.32 Å². The summed E-state index contributed by atoms with van der Waals surface area (Å²) in [5.74, 6) is 0.289. The molecule has 0 amide bonds. The summed E-state index contributed by atoms with van der Waals surface area (Å²) in [7, 11) is 0. The van der Waals surface area contributed by atoms with Gasteiger partial charge in [0.2, 0.25) is 0 Å². The van der Waals surface area contributed by atoms with Gasteiger partial charge >= 0.3 is 0 Å². The fraction of sp³-hybridized carbons (Fsp3) is 0.825. The standard InChI is InChI=1S/C40H72N2O2/c1-3-5-7-9-11-13-15-17-19-21-23-25-27-29-39(43)35-37(36-42-38-31-33-41-34-32-38)40(44)30-28-26-24-22-20-18-16-14-12-10-8-6-4-2/h31-34,37H,3-30,35-36H2,1-2H3,(H,41,42). The largest absolute Gasteiger partial charge is 0.384 e. The van der Waals surface area contributed by atoms with Gasteiger partial charge in [-0.2, -0.15) is 0 Å². The molecule has 0 spiro atoms. The zero-order valence-electron chi connectivity index (χ0n) is 29.4. The Balaban J connectivity index is 2.19. The Kier molecular flexibility index (Phi) is 28.7. The molecular weight excluding hydrogens is 540 g/mol. The van der Waals surface area contributed by atoms with Crippen LogP contribution in [0, 0.1) is 5.92 Å². The van der Waals surface area contributed by atoms with Crippen LogP contribution >= 0.6 is 0 Å². The molecule has 254 valence electrons. The van der Waals surface area contributed by atoms with Crippen molar-refractivity contribution in [1.29, 1.82) is 0 Å². The number of carbonyl (C=O) groups is 2. The van der Waals surface area contributed by atoms with Crippen molar-refractivity contribution < 1.29 is 9.59 Å². The van der Waals surface area contributed by atoms with E-state index in [9.17, 15) is 9.59 Å². The fourth-order valence-electron chi connectivity index (χ4n) is 6.25. The number of rotatable bonds is 34. The lowest BCUT2D eigenvalue weighted by molar-refractivity contribution is -0.127. The molecule has 0 aliphatic carbocycles. The molecule has 0 aliphatic rings. The number of aromatic nitrogens is 1. The third-order valence-electron chi connectivity index (χ3n) is 9.25. The van der Waals surface area contributed by atoms with Gasteiger partial charge in [-0.15, -0.1) is 0 Å². The highest BCUT2D eigenvalue weighted by molar-refractivity contribution is 5.88. The Hall–Kier alpha value is -1.71. The average molecular weight is 613 g/mol. The summed E-state index contributed by atoms with van der Waals surface area (Å²) in [5.41, 5.74) is 0.961. The first-order chi connectivity index (χ1) is 21.7. The lowest BCUT2D eigenvalue weighted by Gasteiger charge is -2.17. The highest BCUT2D eigenvalue weighted by Gasteiger charge is 2.21. The molecule has 1 aromatic heterocycles. The van der Waals surface area contributed by atoms with Gasteiger partial charge in [-0.1, -0.05) is 168 Å². The van der Waals surface area contributed by atoms with Crippen molar-refractivity contribution in [2.45, 2.75) is 200 Å². The summed E-state index contributed by atoms with van der Waals surface area (Å²) in [6, 6.07) is 3.84. The maximum absolute atomic E-state index is 13.2. The first-order valence-electron chi connectivity index (χ1n) is 19.4. The van der Waals surface area contributed by atoms with Crippen LogP contribution in [-0.2, 0) is 9.59 Å². The molecule has 1 N–H and O–H groups in total. The second kappa shape index (κ2) is 31.3. The zero-order chi connectivity index (χ0) is 31.8. The lowest BCUT2D eigenvalue weighted by Crippen LogP contribution is -2.26. The minimum absolute atomic E-state index is 0.227. The van der Waals surface area contributed by atoms with Gasteiger partial charge in [0.15, 0.2) is 0 Å². The molecule has 4 nitrogen and oxygen atoms in total. The molecule has 0 aromatic carbocycles. The van der Waals surface area contributed by atoms with E-state index in [1.807, 2.05) is 12.1 Å². The SMILES string of the molecule is CCCCCCCCCCCCCCCC(=O)CC(CNc1ccncc1)C(=O)CCCCCCCCCCCCCCC. The summed E-state index contributed by atoms with van der Waals surface area (Å²) in [5, 5.41) is 3.38. The monoisotopic (exact) mass is 613 g/mol. The molecule has 1 heterocycles. The molecule has 0 saturated heterocycles. The number of pyridine rings is 1. The second-order valence-electron chi connectivity index (χ2n) is 13.5. The molecule has 0 fully saturated rings. The molecule has 1 unspecified atom stereocenters. The Bertz CT molecular complexity index is 766. The number of nitrogens with zero attached hydrogens (tertiary/aromatic N) is 1. The van der Waals surface area contributed by atoms with Gasteiger partial charge in [-0.05, 0) is 25.0 Å². The van der Waals surface area contributed by atoms with Crippen molar-refractivity contribution in [2.75, 3.05) is 11.9 Å². The summed E-state index contributed by atoms with van der Waals surface area (Å²) >= 11 is 0. The van der Waals surface area contributed by atoms with Crippen LogP contribution in [-0.4, -0.2) is 23.1 Å². The van der Waals surface area contributed by atoms with Crippen molar-refractivity contribution >= 4 is 17.3 Å². The van der Waals surface area contributed by atoms with Crippen molar-refractivity contribution in [3.05, 3.63) is 24.5 Å². The van der Waals surface area contributed by atoms with E-state index in [4.69, 9.17) is 0 Å². The average Bonchev–Trinajstić information content (AvgIpc) is 3.04. The van der Waals surface area contributed by atoms with E-state index in [2.05, 4.69) is 24.1 Å². The summed E-state index contributed by atoms with van der Waals surface area (Å²) < 4.78 is 0. The molecule has 1 rings (SSSR count). The number of carbonyl (C=O) groups excluding carboxylic acids is 2. The van der Waals surface area contributed by atoms with E-state index in [1.54, 1.807) is 12.4 Å². The Morgan fingerprint density at radius 3 is 1.32 bits per heavy atom. The number of ketones is 2. The van der Waals surface area contributed by atoms with Gasteiger partial charge in [0.25, 0.3) is 0 Å². The molecule has 4 heteroatoms. The van der Waals surface area contributed by atoms with E-state index in [0.717, 1.165) is 31.4 Å². The number of Topliss-reactive ketones (excluding diaryl/α,β-unsaturated/α-hetero) is 2. The Morgan fingerprint density at radius 1 is 0.545 bits per heavy atom. The van der Waals surface area contributed by atoms with Gasteiger partial charge in [-0.3, -0.25) is 14.6 Å². The predicted octanol–water partition coefficient (Wildman–Crippen LogP) is 12.6. The van der Waals surface area contributed by atoms with Crippen LogP contribution in [0.2, 0.25) is 0 Å². The van der Waals surface area contributed by atoms with Gasteiger partial charge in [0.1, 0.15) is 11.6 Å². The minimum Gasteiger partial charge on any atom is -0.384 e. The smallest absolute Gasteiger partial charge is 0.138 e. The topological polar surface area (TPSA) is 59.1 Å². The Labute approximate surface area is 273 Å². The molecule has 0 radical (unpaired) electrons. The maximum Gasteiger partial charge on any atom is 0.138 e. The number of unbranched alkanes of at least 4 members (excludes halogenated alkanes) is 24. The number of hydrogen-bond acceptors (Lipinski definition) is 4. The molecule has 1 atom stereocenters. The van der Waals surface area contributed by atoms with Gasteiger partial charge in [0.05, 0.1) is 0 Å². The second-order valence-corrected chi connectivity index (χ2v) is 13.5.